The van der Waals surface area contributed by atoms with Gasteiger partial charge in [0, 0.05) is 23.3 Å². The van der Waals surface area contributed by atoms with E-state index in [0.29, 0.717) is 10.6 Å². The van der Waals surface area contributed by atoms with Crippen LogP contribution in [-0.2, 0) is 0 Å². The molecule has 28 heavy (non-hydrogen) atoms. The van der Waals surface area contributed by atoms with E-state index in [1.54, 1.807) is 12.3 Å². The number of nitrogens with zero attached hydrogens (tertiary/aromatic N) is 1. The Morgan fingerprint density at radius 1 is 0.893 bits per heavy atom. The van der Waals surface area contributed by atoms with E-state index in [1.165, 1.54) is 11.3 Å². The predicted octanol–water partition coefficient (Wildman–Crippen LogP) is 5.39. The average molecular weight is 386 g/mol. The van der Waals surface area contributed by atoms with Gasteiger partial charge in [-0.1, -0.05) is 24.3 Å². The van der Waals surface area contributed by atoms with E-state index in [9.17, 15) is 4.79 Å². The van der Waals surface area contributed by atoms with Crippen molar-refractivity contribution >= 4 is 40.1 Å². The molecular weight excluding hydrogens is 368 g/mol. The van der Waals surface area contributed by atoms with E-state index < -0.39 is 0 Å². The molecule has 4 aromatic rings. The van der Waals surface area contributed by atoms with Crippen molar-refractivity contribution < 1.29 is 4.79 Å². The fourth-order valence-corrected chi connectivity index (χ4v) is 3.44. The molecule has 2 aromatic carbocycles. The van der Waals surface area contributed by atoms with Crippen LogP contribution in [0.15, 0.2) is 84.4 Å². The lowest BCUT2D eigenvalue weighted by Crippen LogP contribution is -2.09. The number of anilines is 4. The summed E-state index contributed by atoms with van der Waals surface area (Å²) in [5, 5.41) is 8.09. The number of amides is 1. The number of rotatable bonds is 5. The number of carbonyl (C=O) groups is 1. The van der Waals surface area contributed by atoms with E-state index in [4.69, 9.17) is 5.73 Å². The van der Waals surface area contributed by atoms with Gasteiger partial charge >= 0.3 is 0 Å². The Hall–Kier alpha value is -3.64. The number of benzene rings is 2. The molecular formula is C22H18N4OS. The highest BCUT2D eigenvalue weighted by molar-refractivity contribution is 7.12. The maximum atomic E-state index is 12.3. The number of pyridine rings is 1. The number of hydrogen-bond acceptors (Lipinski definition) is 5. The first-order valence-electron chi connectivity index (χ1n) is 8.71. The third-order valence-corrected chi connectivity index (χ3v) is 4.99. The highest BCUT2D eigenvalue weighted by Crippen LogP contribution is 2.26. The van der Waals surface area contributed by atoms with Crippen LogP contribution in [0, 0.1) is 0 Å². The molecule has 138 valence electrons. The summed E-state index contributed by atoms with van der Waals surface area (Å²) in [7, 11) is 0. The topological polar surface area (TPSA) is 80.0 Å². The molecule has 0 saturated carbocycles. The van der Waals surface area contributed by atoms with Gasteiger partial charge in [-0.2, -0.15) is 0 Å². The number of carbonyl (C=O) groups excluding carboxylic acids is 1. The second kappa shape index (κ2) is 7.94. The van der Waals surface area contributed by atoms with Crippen LogP contribution in [0.3, 0.4) is 0 Å². The summed E-state index contributed by atoms with van der Waals surface area (Å²) < 4.78 is 0. The Bertz CT molecular complexity index is 1110. The van der Waals surface area contributed by atoms with Gasteiger partial charge in [0.1, 0.15) is 5.82 Å². The first-order valence-corrected chi connectivity index (χ1v) is 9.59. The Morgan fingerprint density at radius 3 is 2.54 bits per heavy atom. The third kappa shape index (κ3) is 4.19. The number of hydrogen-bond donors (Lipinski definition) is 3. The van der Waals surface area contributed by atoms with Crippen LogP contribution in [0.25, 0.3) is 11.1 Å². The summed E-state index contributed by atoms with van der Waals surface area (Å²) >= 11 is 1.42. The first kappa shape index (κ1) is 17.8. The molecule has 6 heteroatoms. The first-order chi connectivity index (χ1) is 13.7. The Morgan fingerprint density at radius 2 is 1.71 bits per heavy atom. The molecule has 0 bridgehead atoms. The van der Waals surface area contributed by atoms with Crippen molar-refractivity contribution in [3.8, 4) is 11.1 Å². The van der Waals surface area contributed by atoms with Gasteiger partial charge in [0.15, 0.2) is 0 Å². The van der Waals surface area contributed by atoms with E-state index in [1.807, 2.05) is 72.1 Å². The van der Waals surface area contributed by atoms with Crippen molar-refractivity contribution in [3.63, 3.8) is 0 Å². The van der Waals surface area contributed by atoms with Crippen LogP contribution in [0.2, 0.25) is 0 Å². The van der Waals surface area contributed by atoms with E-state index in [0.717, 1.165) is 28.3 Å². The molecule has 0 aliphatic rings. The minimum absolute atomic E-state index is 0.106. The largest absolute Gasteiger partial charge is 0.399 e. The number of nitrogens with one attached hydrogen (secondary N) is 2. The van der Waals surface area contributed by atoms with Gasteiger partial charge in [-0.3, -0.25) is 4.79 Å². The maximum absolute atomic E-state index is 12.3. The summed E-state index contributed by atoms with van der Waals surface area (Å²) in [5.41, 5.74) is 10.1. The number of nitrogen functional groups attached to an aromatic ring is 1. The molecule has 0 unspecified atom stereocenters. The Kier molecular flexibility index (Phi) is 5.03. The molecule has 4 N–H and O–H groups in total. The quantitative estimate of drug-likeness (QED) is 0.402. The summed E-state index contributed by atoms with van der Waals surface area (Å²) in [4.78, 5) is 17.3. The van der Waals surface area contributed by atoms with E-state index in [2.05, 4.69) is 15.6 Å². The summed E-state index contributed by atoms with van der Waals surface area (Å²) in [6, 6.07) is 22.8. The van der Waals surface area contributed by atoms with Gasteiger partial charge in [0.25, 0.3) is 5.91 Å². The molecule has 0 aliphatic carbocycles. The lowest BCUT2D eigenvalue weighted by Gasteiger charge is -2.10. The van der Waals surface area contributed by atoms with Crippen LogP contribution < -0.4 is 16.4 Å². The molecule has 0 aliphatic heterocycles. The minimum atomic E-state index is -0.106. The van der Waals surface area contributed by atoms with Crippen LogP contribution in [0.4, 0.5) is 22.9 Å². The minimum Gasteiger partial charge on any atom is -0.399 e. The zero-order chi connectivity index (χ0) is 19.3. The summed E-state index contributed by atoms with van der Waals surface area (Å²) in [5.74, 6) is 0.613. The fourth-order valence-electron chi connectivity index (χ4n) is 2.82. The molecule has 2 aromatic heterocycles. The van der Waals surface area contributed by atoms with Crippen molar-refractivity contribution in [2.45, 2.75) is 0 Å². The maximum Gasteiger partial charge on any atom is 0.265 e. The zero-order valence-electron chi connectivity index (χ0n) is 14.9. The molecule has 2 heterocycles. The van der Waals surface area contributed by atoms with Gasteiger partial charge in [-0.25, -0.2) is 4.98 Å². The summed E-state index contributed by atoms with van der Waals surface area (Å²) in [6.07, 6.45) is 1.75. The highest BCUT2D eigenvalue weighted by atomic mass is 32.1. The lowest BCUT2D eigenvalue weighted by atomic mass is 10.1. The standard InChI is InChI=1S/C22H18N4OS/c23-17-5-2-7-19(14-17)25-21-13-16(9-10-24-21)15-4-1-6-18(12-15)26-22(27)20-8-3-11-28-20/h1-14H,23H2,(H,24,25)(H,26,27). The van der Waals surface area contributed by atoms with Crippen molar-refractivity contribution in [2.24, 2.45) is 0 Å². The van der Waals surface area contributed by atoms with E-state index >= 15 is 0 Å². The lowest BCUT2D eigenvalue weighted by molar-refractivity contribution is 0.103. The van der Waals surface area contributed by atoms with Crippen molar-refractivity contribution in [3.05, 3.63) is 89.3 Å². The Balaban J connectivity index is 1.55. The molecule has 0 radical (unpaired) electrons. The number of thiophene rings is 1. The monoisotopic (exact) mass is 386 g/mol. The number of aromatic nitrogens is 1. The fraction of sp³-hybridized carbons (Fsp3) is 0. The number of nitrogens with two attached hydrogens (primary N) is 1. The third-order valence-electron chi connectivity index (χ3n) is 4.12. The van der Waals surface area contributed by atoms with Gasteiger partial charge < -0.3 is 16.4 Å². The molecule has 1 amide bonds. The molecule has 0 spiro atoms. The molecule has 0 atom stereocenters. The summed E-state index contributed by atoms with van der Waals surface area (Å²) in [6.45, 7) is 0. The van der Waals surface area contributed by atoms with Gasteiger partial charge in [-0.05, 0) is 65.0 Å². The smallest absolute Gasteiger partial charge is 0.265 e. The van der Waals surface area contributed by atoms with Crippen LogP contribution in [0.1, 0.15) is 9.67 Å². The second-order valence-corrected chi connectivity index (χ2v) is 7.14. The van der Waals surface area contributed by atoms with Crippen molar-refractivity contribution in [2.75, 3.05) is 16.4 Å². The van der Waals surface area contributed by atoms with Gasteiger partial charge in [0.2, 0.25) is 0 Å². The Labute approximate surface area is 166 Å². The predicted molar refractivity (Wildman–Crippen MR) is 116 cm³/mol. The normalized spacial score (nSPS) is 10.4. The average Bonchev–Trinajstić information content (AvgIpc) is 3.24. The zero-order valence-corrected chi connectivity index (χ0v) is 15.7. The molecule has 4 rings (SSSR count). The van der Waals surface area contributed by atoms with Crippen LogP contribution in [0.5, 0.6) is 0 Å². The van der Waals surface area contributed by atoms with Gasteiger partial charge in [0.05, 0.1) is 4.88 Å². The van der Waals surface area contributed by atoms with Gasteiger partial charge in [-0.15, -0.1) is 11.3 Å². The SMILES string of the molecule is Nc1cccc(Nc2cc(-c3cccc(NC(=O)c4cccs4)c3)ccn2)c1. The molecule has 5 nitrogen and oxygen atoms in total. The second-order valence-electron chi connectivity index (χ2n) is 6.19. The van der Waals surface area contributed by atoms with Crippen molar-refractivity contribution in [1.82, 2.24) is 4.98 Å². The van der Waals surface area contributed by atoms with Crippen LogP contribution >= 0.6 is 11.3 Å². The van der Waals surface area contributed by atoms with Crippen LogP contribution in [-0.4, -0.2) is 10.9 Å². The molecule has 0 saturated heterocycles. The van der Waals surface area contributed by atoms with E-state index in [-0.39, 0.29) is 5.91 Å². The molecule has 0 fully saturated rings. The van der Waals surface area contributed by atoms with Crippen molar-refractivity contribution in [1.29, 1.82) is 0 Å². The highest BCUT2D eigenvalue weighted by Gasteiger charge is 2.08.